The number of carbonyl (C=O) groups is 1. The highest BCUT2D eigenvalue weighted by molar-refractivity contribution is 7.89. The van der Waals surface area contributed by atoms with Crippen LogP contribution in [0, 0.1) is 0 Å². The molecule has 0 bridgehead atoms. The molecule has 21 heavy (non-hydrogen) atoms. The van der Waals surface area contributed by atoms with E-state index in [1.807, 2.05) is 0 Å². The largest absolute Gasteiger partial charge is 0.478 e. The predicted molar refractivity (Wildman–Crippen MR) is 73.2 cm³/mol. The SMILES string of the molecule is CCc1ccc(C(=O)O)cc1S(=O)(=O)NCc1ncn[nH]1. The predicted octanol–water partition coefficient (Wildman–Crippen LogP) is 0.544. The summed E-state index contributed by atoms with van der Waals surface area (Å²) in [6.07, 6.45) is 1.74. The number of H-pyrrole nitrogens is 1. The van der Waals surface area contributed by atoms with Gasteiger partial charge >= 0.3 is 5.97 Å². The number of aromatic nitrogens is 3. The van der Waals surface area contributed by atoms with E-state index in [1.54, 1.807) is 6.92 Å². The molecule has 0 saturated heterocycles. The van der Waals surface area contributed by atoms with Gasteiger partial charge in [-0.3, -0.25) is 5.10 Å². The Labute approximate surface area is 121 Å². The van der Waals surface area contributed by atoms with Crippen LogP contribution in [0.1, 0.15) is 28.7 Å². The number of aromatic carboxylic acids is 1. The Morgan fingerprint density at radius 1 is 1.43 bits per heavy atom. The molecule has 0 saturated carbocycles. The summed E-state index contributed by atoms with van der Waals surface area (Å²) in [7, 11) is -3.84. The minimum atomic E-state index is -3.84. The van der Waals surface area contributed by atoms with E-state index in [-0.39, 0.29) is 17.0 Å². The molecule has 112 valence electrons. The van der Waals surface area contributed by atoms with E-state index in [2.05, 4.69) is 19.9 Å². The van der Waals surface area contributed by atoms with Gasteiger partial charge in [0.05, 0.1) is 17.0 Å². The number of nitrogens with one attached hydrogen (secondary N) is 2. The third kappa shape index (κ3) is 3.44. The van der Waals surface area contributed by atoms with Gasteiger partial charge in [0, 0.05) is 0 Å². The molecule has 3 N–H and O–H groups in total. The lowest BCUT2D eigenvalue weighted by Gasteiger charge is -2.10. The van der Waals surface area contributed by atoms with Gasteiger partial charge in [-0.05, 0) is 24.1 Å². The average molecular weight is 310 g/mol. The van der Waals surface area contributed by atoms with Crippen molar-refractivity contribution in [2.45, 2.75) is 24.8 Å². The lowest BCUT2D eigenvalue weighted by atomic mass is 10.1. The maximum Gasteiger partial charge on any atom is 0.335 e. The number of aromatic amines is 1. The van der Waals surface area contributed by atoms with Gasteiger partial charge in [0.25, 0.3) is 0 Å². The molecule has 9 heteroatoms. The van der Waals surface area contributed by atoms with Gasteiger partial charge in [0.15, 0.2) is 0 Å². The monoisotopic (exact) mass is 310 g/mol. The molecule has 0 unspecified atom stereocenters. The van der Waals surface area contributed by atoms with Gasteiger partial charge in [0.2, 0.25) is 10.0 Å². The molecule has 1 aromatic carbocycles. The second-order valence-electron chi connectivity index (χ2n) is 4.24. The Hall–Kier alpha value is -2.26. The van der Waals surface area contributed by atoms with Crippen LogP contribution in [0.25, 0.3) is 0 Å². The highest BCUT2D eigenvalue weighted by Gasteiger charge is 2.20. The standard InChI is InChI=1S/C12H14N4O4S/c1-2-8-3-4-9(12(17)18)5-10(8)21(19,20)15-6-11-13-7-14-16-11/h3-5,7,15H,2,6H2,1H3,(H,17,18)(H,13,14,16). The summed E-state index contributed by atoms with van der Waals surface area (Å²) in [5.74, 6) is -0.810. The van der Waals surface area contributed by atoms with E-state index >= 15 is 0 Å². The van der Waals surface area contributed by atoms with Crippen molar-refractivity contribution in [3.05, 3.63) is 41.5 Å². The second kappa shape index (κ2) is 6.02. The van der Waals surface area contributed by atoms with Crippen molar-refractivity contribution in [1.29, 1.82) is 0 Å². The van der Waals surface area contributed by atoms with E-state index in [4.69, 9.17) is 5.11 Å². The number of hydrogen-bond acceptors (Lipinski definition) is 5. The van der Waals surface area contributed by atoms with Gasteiger partial charge in [-0.2, -0.15) is 5.10 Å². The molecule has 2 rings (SSSR count). The molecule has 1 heterocycles. The van der Waals surface area contributed by atoms with E-state index in [0.717, 1.165) is 6.07 Å². The third-order valence-corrected chi connectivity index (χ3v) is 4.36. The summed E-state index contributed by atoms with van der Waals surface area (Å²) in [4.78, 5) is 14.8. The van der Waals surface area contributed by atoms with E-state index in [0.29, 0.717) is 17.8 Å². The van der Waals surface area contributed by atoms with Crippen molar-refractivity contribution in [2.75, 3.05) is 0 Å². The summed E-state index contributed by atoms with van der Waals surface area (Å²) >= 11 is 0. The molecule has 0 radical (unpaired) electrons. The topological polar surface area (TPSA) is 125 Å². The smallest absolute Gasteiger partial charge is 0.335 e. The number of nitrogens with zero attached hydrogens (tertiary/aromatic N) is 2. The zero-order valence-corrected chi connectivity index (χ0v) is 12.0. The molecule has 0 aliphatic carbocycles. The van der Waals surface area contributed by atoms with Gasteiger partial charge < -0.3 is 5.11 Å². The number of rotatable bonds is 6. The van der Waals surface area contributed by atoms with Crippen molar-refractivity contribution in [3.8, 4) is 0 Å². The van der Waals surface area contributed by atoms with Crippen LogP contribution in [0.2, 0.25) is 0 Å². The number of carboxylic acid groups (broad SMARTS) is 1. The first kappa shape index (κ1) is 15.1. The average Bonchev–Trinajstić information content (AvgIpc) is 2.98. The van der Waals surface area contributed by atoms with Crippen molar-refractivity contribution < 1.29 is 18.3 Å². The van der Waals surface area contributed by atoms with Gasteiger partial charge in [-0.25, -0.2) is 22.9 Å². The van der Waals surface area contributed by atoms with Crippen LogP contribution in [-0.2, 0) is 23.0 Å². The Bertz CT molecular complexity index is 741. The number of aryl methyl sites for hydroxylation is 1. The minimum absolute atomic E-state index is 0.0376. The van der Waals surface area contributed by atoms with Crippen molar-refractivity contribution in [1.82, 2.24) is 19.9 Å². The summed E-state index contributed by atoms with van der Waals surface area (Å²) in [5, 5.41) is 15.1. The summed E-state index contributed by atoms with van der Waals surface area (Å²) in [5.41, 5.74) is 0.470. The van der Waals surface area contributed by atoms with Crippen LogP contribution in [0.15, 0.2) is 29.4 Å². The number of benzene rings is 1. The summed E-state index contributed by atoms with van der Waals surface area (Å²) in [6, 6.07) is 4.05. The quantitative estimate of drug-likeness (QED) is 0.715. The third-order valence-electron chi connectivity index (χ3n) is 2.88. The fourth-order valence-electron chi connectivity index (χ4n) is 1.79. The molecule has 0 atom stereocenters. The molecule has 1 aromatic heterocycles. The molecule has 0 aliphatic heterocycles. The van der Waals surface area contributed by atoms with Gasteiger partial charge in [0.1, 0.15) is 12.2 Å². The Balaban J connectivity index is 2.33. The summed E-state index contributed by atoms with van der Waals surface area (Å²) in [6.45, 7) is 1.74. The Morgan fingerprint density at radius 2 is 2.19 bits per heavy atom. The first-order valence-corrected chi connectivity index (χ1v) is 7.62. The van der Waals surface area contributed by atoms with Gasteiger partial charge in [-0.15, -0.1) is 0 Å². The van der Waals surface area contributed by atoms with Crippen LogP contribution < -0.4 is 4.72 Å². The van der Waals surface area contributed by atoms with Gasteiger partial charge in [-0.1, -0.05) is 13.0 Å². The van der Waals surface area contributed by atoms with Crippen molar-refractivity contribution in [3.63, 3.8) is 0 Å². The maximum absolute atomic E-state index is 12.3. The second-order valence-corrected chi connectivity index (χ2v) is 5.97. The Kier molecular flexibility index (Phi) is 4.34. The molecule has 0 amide bonds. The van der Waals surface area contributed by atoms with Crippen molar-refractivity contribution in [2.24, 2.45) is 0 Å². The first-order valence-electron chi connectivity index (χ1n) is 6.14. The molecule has 0 spiro atoms. The zero-order chi connectivity index (χ0) is 15.5. The zero-order valence-electron chi connectivity index (χ0n) is 11.2. The lowest BCUT2D eigenvalue weighted by molar-refractivity contribution is 0.0696. The molecular weight excluding hydrogens is 296 g/mol. The van der Waals surface area contributed by atoms with E-state index < -0.39 is 16.0 Å². The summed E-state index contributed by atoms with van der Waals surface area (Å²) < 4.78 is 27.0. The highest BCUT2D eigenvalue weighted by atomic mass is 32.2. The Morgan fingerprint density at radius 3 is 2.76 bits per heavy atom. The highest BCUT2D eigenvalue weighted by Crippen LogP contribution is 2.19. The van der Waals surface area contributed by atoms with Crippen LogP contribution in [0.3, 0.4) is 0 Å². The molecule has 8 nitrogen and oxygen atoms in total. The minimum Gasteiger partial charge on any atom is -0.478 e. The van der Waals surface area contributed by atoms with E-state index in [9.17, 15) is 13.2 Å². The number of sulfonamides is 1. The fourth-order valence-corrected chi connectivity index (χ4v) is 3.11. The molecule has 0 aliphatic rings. The molecule has 2 aromatic rings. The van der Waals surface area contributed by atoms with Crippen LogP contribution in [0.4, 0.5) is 0 Å². The van der Waals surface area contributed by atoms with Crippen molar-refractivity contribution >= 4 is 16.0 Å². The normalized spacial score (nSPS) is 11.5. The van der Waals surface area contributed by atoms with Crippen LogP contribution in [0.5, 0.6) is 0 Å². The molecule has 0 fully saturated rings. The first-order chi connectivity index (χ1) is 9.94. The maximum atomic E-state index is 12.3. The lowest BCUT2D eigenvalue weighted by Crippen LogP contribution is -2.25. The van der Waals surface area contributed by atoms with E-state index in [1.165, 1.54) is 18.5 Å². The molecular formula is C12H14N4O4S. The fraction of sp³-hybridized carbons (Fsp3) is 0.250. The van der Waals surface area contributed by atoms with Crippen LogP contribution in [-0.4, -0.2) is 34.7 Å². The number of carboxylic acids is 1. The van der Waals surface area contributed by atoms with Crippen LogP contribution >= 0.6 is 0 Å². The number of hydrogen-bond donors (Lipinski definition) is 3.